The minimum Gasteiger partial charge on any atom is -0.480 e. The van der Waals surface area contributed by atoms with Crippen molar-refractivity contribution in [3.63, 3.8) is 0 Å². The number of aliphatic carboxylic acids is 1. The van der Waals surface area contributed by atoms with Crippen LogP contribution in [0.15, 0.2) is 0 Å². The standard InChI is InChI=1S/C15H27N3O3/c1-11(17(2)12-7-8-12)9-16-15(21)18(10-14(19)20)13-5-3-4-6-13/h11-13H,3-10H2,1-2H3,(H,16,21)(H,19,20). The Bertz CT molecular complexity index is 378. The Labute approximate surface area is 126 Å². The molecule has 1 atom stereocenters. The summed E-state index contributed by atoms with van der Waals surface area (Å²) in [6, 6.07) is 0.775. The summed E-state index contributed by atoms with van der Waals surface area (Å²) in [5, 5.41) is 11.9. The fraction of sp³-hybridized carbons (Fsp3) is 0.867. The molecule has 0 saturated heterocycles. The van der Waals surface area contributed by atoms with Gasteiger partial charge in [-0.25, -0.2) is 4.79 Å². The number of hydrogen-bond acceptors (Lipinski definition) is 3. The van der Waals surface area contributed by atoms with E-state index in [1.807, 2.05) is 0 Å². The summed E-state index contributed by atoms with van der Waals surface area (Å²) in [6.07, 6.45) is 6.46. The van der Waals surface area contributed by atoms with Gasteiger partial charge >= 0.3 is 12.0 Å². The molecule has 0 radical (unpaired) electrons. The van der Waals surface area contributed by atoms with Crippen LogP contribution in [0.2, 0.25) is 0 Å². The van der Waals surface area contributed by atoms with Crippen LogP contribution in [0.1, 0.15) is 45.4 Å². The number of carboxylic acids is 1. The Morgan fingerprint density at radius 3 is 2.33 bits per heavy atom. The Morgan fingerprint density at radius 1 is 1.19 bits per heavy atom. The van der Waals surface area contributed by atoms with Crippen molar-refractivity contribution in [3.05, 3.63) is 0 Å². The van der Waals surface area contributed by atoms with Crippen LogP contribution >= 0.6 is 0 Å². The third kappa shape index (κ3) is 4.59. The van der Waals surface area contributed by atoms with Gasteiger partial charge in [-0.3, -0.25) is 9.69 Å². The maximum absolute atomic E-state index is 12.3. The van der Waals surface area contributed by atoms with Crippen LogP contribution < -0.4 is 5.32 Å². The molecule has 6 heteroatoms. The van der Waals surface area contributed by atoms with Gasteiger partial charge in [-0.05, 0) is 39.7 Å². The fourth-order valence-electron chi connectivity index (χ4n) is 3.05. The molecule has 1 unspecified atom stereocenters. The van der Waals surface area contributed by atoms with E-state index in [2.05, 4.69) is 24.2 Å². The zero-order chi connectivity index (χ0) is 15.4. The summed E-state index contributed by atoms with van der Waals surface area (Å²) in [5.41, 5.74) is 0. The van der Waals surface area contributed by atoms with Crippen LogP contribution in [0.5, 0.6) is 0 Å². The number of hydrogen-bond donors (Lipinski definition) is 2. The zero-order valence-electron chi connectivity index (χ0n) is 13.0. The number of rotatable bonds is 7. The van der Waals surface area contributed by atoms with Gasteiger partial charge in [0.25, 0.3) is 0 Å². The molecular weight excluding hydrogens is 270 g/mol. The summed E-state index contributed by atoms with van der Waals surface area (Å²) in [5.74, 6) is -0.944. The van der Waals surface area contributed by atoms with E-state index < -0.39 is 5.97 Å². The molecule has 0 spiro atoms. The van der Waals surface area contributed by atoms with E-state index in [4.69, 9.17) is 5.11 Å². The minimum absolute atomic E-state index is 0.0811. The Hall–Kier alpha value is -1.30. The Balaban J connectivity index is 1.83. The number of likely N-dealkylation sites (N-methyl/N-ethyl adjacent to an activating group) is 1. The van der Waals surface area contributed by atoms with E-state index in [-0.39, 0.29) is 24.7 Å². The van der Waals surface area contributed by atoms with E-state index >= 15 is 0 Å². The van der Waals surface area contributed by atoms with Crippen LogP contribution in [-0.2, 0) is 4.79 Å². The Kier molecular flexibility index (Phi) is 5.45. The van der Waals surface area contributed by atoms with Gasteiger partial charge in [-0.1, -0.05) is 12.8 Å². The van der Waals surface area contributed by atoms with Gasteiger partial charge in [0.05, 0.1) is 0 Å². The molecule has 2 rings (SSSR count). The van der Waals surface area contributed by atoms with Crippen molar-refractivity contribution in [2.45, 2.75) is 63.6 Å². The lowest BCUT2D eigenvalue weighted by Crippen LogP contribution is -2.50. The zero-order valence-corrected chi connectivity index (χ0v) is 13.0. The predicted octanol–water partition coefficient (Wildman–Crippen LogP) is 1.51. The monoisotopic (exact) mass is 297 g/mol. The molecule has 0 aromatic heterocycles. The largest absolute Gasteiger partial charge is 0.480 e. The molecule has 2 amide bonds. The summed E-state index contributed by atoms with van der Waals surface area (Å²) in [7, 11) is 2.08. The third-order valence-corrected chi connectivity index (χ3v) is 4.70. The van der Waals surface area contributed by atoms with Gasteiger partial charge in [0, 0.05) is 24.7 Å². The topological polar surface area (TPSA) is 72.9 Å². The molecule has 0 aliphatic heterocycles. The second-order valence-electron chi connectivity index (χ2n) is 6.39. The van der Waals surface area contributed by atoms with Crippen LogP contribution in [0.3, 0.4) is 0 Å². The van der Waals surface area contributed by atoms with Crippen molar-refractivity contribution in [1.82, 2.24) is 15.1 Å². The second-order valence-corrected chi connectivity index (χ2v) is 6.39. The SMILES string of the molecule is CC(CNC(=O)N(CC(=O)O)C1CCCC1)N(C)C1CC1. The number of nitrogens with zero attached hydrogens (tertiary/aromatic N) is 2. The first-order valence-electron chi connectivity index (χ1n) is 7.97. The number of carboxylic acid groups (broad SMARTS) is 1. The quantitative estimate of drug-likeness (QED) is 0.747. The van der Waals surface area contributed by atoms with Crippen LogP contribution in [0, 0.1) is 0 Å². The molecule has 0 aromatic carbocycles. The van der Waals surface area contributed by atoms with E-state index in [1.54, 1.807) is 0 Å². The molecular formula is C15H27N3O3. The highest BCUT2D eigenvalue weighted by molar-refractivity contribution is 5.80. The second kappa shape index (κ2) is 7.11. The predicted molar refractivity (Wildman–Crippen MR) is 80.2 cm³/mol. The molecule has 120 valence electrons. The fourth-order valence-corrected chi connectivity index (χ4v) is 3.05. The van der Waals surface area contributed by atoms with Crippen molar-refractivity contribution in [2.75, 3.05) is 20.1 Å². The van der Waals surface area contributed by atoms with Crippen molar-refractivity contribution in [3.8, 4) is 0 Å². The number of nitrogens with one attached hydrogen (secondary N) is 1. The molecule has 0 heterocycles. The lowest BCUT2D eigenvalue weighted by atomic mass is 10.2. The molecule has 6 nitrogen and oxygen atoms in total. The highest BCUT2D eigenvalue weighted by atomic mass is 16.4. The molecule has 2 aliphatic carbocycles. The molecule has 2 saturated carbocycles. The van der Waals surface area contributed by atoms with Crippen LogP contribution in [-0.4, -0.2) is 65.2 Å². The van der Waals surface area contributed by atoms with Gasteiger partial charge in [-0.15, -0.1) is 0 Å². The van der Waals surface area contributed by atoms with Gasteiger partial charge in [-0.2, -0.15) is 0 Å². The average Bonchev–Trinajstić information content (AvgIpc) is 3.16. The average molecular weight is 297 g/mol. The van der Waals surface area contributed by atoms with Crippen molar-refractivity contribution < 1.29 is 14.7 Å². The van der Waals surface area contributed by atoms with Crippen molar-refractivity contribution in [1.29, 1.82) is 0 Å². The van der Waals surface area contributed by atoms with Gasteiger partial charge in [0.2, 0.25) is 0 Å². The maximum atomic E-state index is 12.3. The normalized spacial score (nSPS) is 20.5. The van der Waals surface area contributed by atoms with E-state index in [9.17, 15) is 9.59 Å². The minimum atomic E-state index is -0.944. The highest BCUT2D eigenvalue weighted by Crippen LogP contribution is 2.27. The number of urea groups is 1. The Morgan fingerprint density at radius 2 is 1.81 bits per heavy atom. The van der Waals surface area contributed by atoms with E-state index in [0.717, 1.165) is 25.7 Å². The summed E-state index contributed by atoms with van der Waals surface area (Å²) < 4.78 is 0. The molecule has 2 aliphatic rings. The third-order valence-electron chi connectivity index (χ3n) is 4.70. The molecule has 0 aromatic rings. The van der Waals surface area contributed by atoms with Crippen molar-refractivity contribution in [2.24, 2.45) is 0 Å². The molecule has 2 N–H and O–H groups in total. The smallest absolute Gasteiger partial charge is 0.323 e. The first-order chi connectivity index (χ1) is 9.99. The van der Waals surface area contributed by atoms with Crippen LogP contribution in [0.25, 0.3) is 0 Å². The van der Waals surface area contributed by atoms with E-state index in [1.165, 1.54) is 17.7 Å². The summed E-state index contributed by atoms with van der Waals surface area (Å²) in [6.45, 7) is 2.45. The number of carbonyl (C=O) groups is 2. The van der Waals surface area contributed by atoms with Gasteiger partial charge in [0.15, 0.2) is 0 Å². The lowest BCUT2D eigenvalue weighted by molar-refractivity contribution is -0.138. The highest BCUT2D eigenvalue weighted by Gasteiger charge is 2.31. The first kappa shape index (κ1) is 16.1. The van der Waals surface area contributed by atoms with Gasteiger partial charge < -0.3 is 15.3 Å². The summed E-state index contributed by atoms with van der Waals surface area (Å²) >= 11 is 0. The van der Waals surface area contributed by atoms with Gasteiger partial charge in [0.1, 0.15) is 6.54 Å². The maximum Gasteiger partial charge on any atom is 0.323 e. The first-order valence-corrected chi connectivity index (χ1v) is 7.97. The lowest BCUT2D eigenvalue weighted by Gasteiger charge is -2.30. The van der Waals surface area contributed by atoms with Crippen molar-refractivity contribution >= 4 is 12.0 Å². The molecule has 2 fully saturated rings. The van der Waals surface area contributed by atoms with E-state index in [0.29, 0.717) is 12.6 Å². The molecule has 0 bridgehead atoms. The summed E-state index contributed by atoms with van der Waals surface area (Å²) in [4.78, 5) is 27.1. The number of carbonyl (C=O) groups excluding carboxylic acids is 1. The molecule has 21 heavy (non-hydrogen) atoms. The number of amides is 2. The van der Waals surface area contributed by atoms with Crippen LogP contribution in [0.4, 0.5) is 4.79 Å².